The Kier molecular flexibility index (Phi) is 8.35. The van der Waals surface area contributed by atoms with Gasteiger partial charge in [0.15, 0.2) is 5.96 Å². The molecule has 164 valence electrons. The molecule has 1 aromatic heterocycles. The van der Waals surface area contributed by atoms with Crippen LogP contribution in [-0.4, -0.2) is 74.4 Å². The topological polar surface area (TPSA) is 71.0 Å². The molecule has 0 aromatic carbocycles. The highest BCUT2D eigenvalue weighted by atomic mass is 35.5. The molecule has 2 heterocycles. The molecule has 0 unspecified atom stereocenters. The number of nitrogens with zero attached hydrogens (tertiary/aromatic N) is 3. The molecular formula is C18H27ClF3N5O2. The number of guanidine groups is 1. The maximum atomic E-state index is 12.6. The molecule has 11 heteroatoms. The monoisotopic (exact) mass is 437 g/mol. The van der Waals surface area contributed by atoms with E-state index in [1.807, 2.05) is 0 Å². The zero-order valence-corrected chi connectivity index (χ0v) is 17.5. The molecule has 2 rings (SSSR count). The van der Waals surface area contributed by atoms with Crippen LogP contribution in [0.2, 0.25) is 5.02 Å². The largest absolute Gasteiger partial charge is 0.475 e. The maximum Gasteiger partial charge on any atom is 0.417 e. The fourth-order valence-electron chi connectivity index (χ4n) is 2.80. The summed E-state index contributed by atoms with van der Waals surface area (Å²) in [4.78, 5) is 10.2. The predicted molar refractivity (Wildman–Crippen MR) is 106 cm³/mol. The summed E-state index contributed by atoms with van der Waals surface area (Å²) in [5.74, 6) is 0.555. The summed E-state index contributed by atoms with van der Waals surface area (Å²) in [7, 11) is 1.66. The summed E-state index contributed by atoms with van der Waals surface area (Å²) in [6.07, 6.45) is -3.80. The number of ether oxygens (including phenoxy) is 2. The van der Waals surface area contributed by atoms with Crippen LogP contribution in [-0.2, 0) is 10.9 Å². The molecule has 0 atom stereocenters. The van der Waals surface area contributed by atoms with E-state index in [9.17, 15) is 13.2 Å². The van der Waals surface area contributed by atoms with Gasteiger partial charge in [-0.05, 0) is 19.9 Å². The third-order valence-corrected chi connectivity index (χ3v) is 4.82. The third kappa shape index (κ3) is 7.20. The fraction of sp³-hybridized carbons (Fsp3) is 0.667. The van der Waals surface area contributed by atoms with Crippen molar-refractivity contribution >= 4 is 17.6 Å². The first-order valence-corrected chi connectivity index (χ1v) is 9.64. The van der Waals surface area contributed by atoms with Crippen molar-refractivity contribution in [1.82, 2.24) is 20.5 Å². The van der Waals surface area contributed by atoms with E-state index in [1.54, 1.807) is 7.05 Å². The zero-order valence-electron chi connectivity index (χ0n) is 16.8. The fourth-order valence-corrected chi connectivity index (χ4v) is 3.03. The minimum absolute atomic E-state index is 0.0436. The second-order valence-electron chi connectivity index (χ2n) is 7.12. The number of halogens is 4. The third-order valence-electron chi connectivity index (χ3n) is 4.55. The minimum atomic E-state index is -4.50. The molecule has 0 aliphatic carbocycles. The first kappa shape index (κ1) is 23.5. The van der Waals surface area contributed by atoms with Crippen LogP contribution in [0.3, 0.4) is 0 Å². The van der Waals surface area contributed by atoms with Gasteiger partial charge in [0.2, 0.25) is 5.88 Å². The number of aliphatic imine (C=N–C) groups is 1. The van der Waals surface area contributed by atoms with Crippen molar-refractivity contribution in [2.75, 3.05) is 53.0 Å². The van der Waals surface area contributed by atoms with E-state index in [4.69, 9.17) is 21.1 Å². The molecule has 29 heavy (non-hydrogen) atoms. The lowest BCUT2D eigenvalue weighted by Crippen LogP contribution is -2.56. The van der Waals surface area contributed by atoms with Crippen molar-refractivity contribution in [3.63, 3.8) is 0 Å². The molecule has 1 aliphatic rings. The Labute approximate surface area is 173 Å². The summed E-state index contributed by atoms with van der Waals surface area (Å²) in [5, 5.41) is 6.18. The summed E-state index contributed by atoms with van der Waals surface area (Å²) in [6.45, 7) is 8.75. The second kappa shape index (κ2) is 10.3. The molecule has 2 N–H and O–H groups in total. The van der Waals surface area contributed by atoms with Crippen LogP contribution in [0.5, 0.6) is 5.88 Å². The lowest BCUT2D eigenvalue weighted by molar-refractivity contribution is -0.137. The summed E-state index contributed by atoms with van der Waals surface area (Å²) in [5.41, 5.74) is -0.990. The average Bonchev–Trinajstić information content (AvgIpc) is 2.68. The van der Waals surface area contributed by atoms with Gasteiger partial charge in [-0.3, -0.25) is 9.89 Å². The van der Waals surface area contributed by atoms with Crippen LogP contribution >= 0.6 is 11.6 Å². The number of aromatic nitrogens is 1. The van der Waals surface area contributed by atoms with Gasteiger partial charge in [-0.15, -0.1) is 0 Å². The molecule has 7 nitrogen and oxygen atoms in total. The molecule has 0 saturated carbocycles. The van der Waals surface area contributed by atoms with E-state index in [-0.39, 0.29) is 23.0 Å². The van der Waals surface area contributed by atoms with Crippen molar-refractivity contribution in [2.45, 2.75) is 25.6 Å². The standard InChI is InChI=1S/C18H27ClF3N5O2/c1-17(2,27-5-8-28-9-6-27)12-26-16(23-3)24-4-7-29-15-14(19)10-13(11-25-15)18(20,21)22/h10-11H,4-9,12H2,1-3H3,(H2,23,24,26). The highest BCUT2D eigenvalue weighted by molar-refractivity contribution is 6.31. The van der Waals surface area contributed by atoms with Crippen LogP contribution in [0.15, 0.2) is 17.3 Å². The van der Waals surface area contributed by atoms with Gasteiger partial charge >= 0.3 is 6.18 Å². The van der Waals surface area contributed by atoms with Crippen molar-refractivity contribution in [3.8, 4) is 5.88 Å². The minimum Gasteiger partial charge on any atom is -0.475 e. The van der Waals surface area contributed by atoms with Crippen LogP contribution < -0.4 is 15.4 Å². The molecule has 0 radical (unpaired) electrons. The van der Waals surface area contributed by atoms with E-state index in [1.165, 1.54) is 0 Å². The van der Waals surface area contributed by atoms with E-state index in [0.29, 0.717) is 25.2 Å². The number of alkyl halides is 3. The first-order valence-electron chi connectivity index (χ1n) is 9.26. The Balaban J connectivity index is 1.76. The van der Waals surface area contributed by atoms with E-state index in [2.05, 4.69) is 39.4 Å². The predicted octanol–water partition coefficient (Wildman–Crippen LogP) is 2.41. The summed E-state index contributed by atoms with van der Waals surface area (Å²) < 4.78 is 48.6. The number of nitrogens with one attached hydrogen (secondary N) is 2. The van der Waals surface area contributed by atoms with Gasteiger partial charge in [-0.2, -0.15) is 13.2 Å². The Hall–Kier alpha value is -1.78. The number of rotatable bonds is 7. The Morgan fingerprint density at radius 2 is 2.00 bits per heavy atom. The first-order chi connectivity index (χ1) is 13.6. The SMILES string of the molecule is CN=C(NCCOc1ncc(C(F)(F)F)cc1Cl)NCC(C)(C)N1CCOCC1. The van der Waals surface area contributed by atoms with Crippen LogP contribution in [0, 0.1) is 0 Å². The van der Waals surface area contributed by atoms with E-state index >= 15 is 0 Å². The molecule has 1 fully saturated rings. The maximum absolute atomic E-state index is 12.6. The smallest absolute Gasteiger partial charge is 0.417 e. The number of morpholine rings is 1. The lowest BCUT2D eigenvalue weighted by atomic mass is 10.0. The highest BCUT2D eigenvalue weighted by Gasteiger charge is 2.32. The van der Waals surface area contributed by atoms with Gasteiger partial charge in [0, 0.05) is 38.4 Å². The Morgan fingerprint density at radius 3 is 2.59 bits per heavy atom. The zero-order chi connectivity index (χ0) is 21.5. The van der Waals surface area contributed by atoms with Gasteiger partial charge in [0.05, 0.1) is 25.3 Å². The Morgan fingerprint density at radius 1 is 1.31 bits per heavy atom. The van der Waals surface area contributed by atoms with Gasteiger partial charge < -0.3 is 20.1 Å². The van der Waals surface area contributed by atoms with Crippen molar-refractivity contribution < 1.29 is 22.6 Å². The molecule has 1 aromatic rings. The van der Waals surface area contributed by atoms with E-state index in [0.717, 1.165) is 32.4 Å². The second-order valence-corrected chi connectivity index (χ2v) is 7.53. The van der Waals surface area contributed by atoms with Gasteiger partial charge in [-0.25, -0.2) is 4.98 Å². The quantitative estimate of drug-likeness (QED) is 0.388. The van der Waals surface area contributed by atoms with Crippen LogP contribution in [0.1, 0.15) is 19.4 Å². The van der Waals surface area contributed by atoms with Gasteiger partial charge in [0.25, 0.3) is 0 Å². The number of hydrogen-bond acceptors (Lipinski definition) is 5. The van der Waals surface area contributed by atoms with Crippen molar-refractivity contribution in [3.05, 3.63) is 22.8 Å². The van der Waals surface area contributed by atoms with E-state index < -0.39 is 11.7 Å². The molecular weight excluding hydrogens is 411 g/mol. The van der Waals surface area contributed by atoms with Crippen molar-refractivity contribution in [2.24, 2.45) is 4.99 Å². The van der Waals surface area contributed by atoms with Gasteiger partial charge in [-0.1, -0.05) is 11.6 Å². The normalized spacial score (nSPS) is 16.6. The molecule has 0 bridgehead atoms. The Bertz CT molecular complexity index is 695. The molecule has 1 aliphatic heterocycles. The van der Waals surface area contributed by atoms with Crippen LogP contribution in [0.25, 0.3) is 0 Å². The molecule has 0 spiro atoms. The van der Waals surface area contributed by atoms with Gasteiger partial charge in [0.1, 0.15) is 11.6 Å². The highest BCUT2D eigenvalue weighted by Crippen LogP contribution is 2.32. The summed E-state index contributed by atoms with van der Waals surface area (Å²) >= 11 is 5.82. The molecule has 0 amide bonds. The molecule has 1 saturated heterocycles. The number of pyridine rings is 1. The lowest BCUT2D eigenvalue weighted by Gasteiger charge is -2.41. The number of hydrogen-bond donors (Lipinski definition) is 2. The summed E-state index contributed by atoms with van der Waals surface area (Å²) in [6, 6.07) is 0.797. The van der Waals surface area contributed by atoms with Crippen molar-refractivity contribution in [1.29, 1.82) is 0 Å². The average molecular weight is 438 g/mol. The van der Waals surface area contributed by atoms with Crippen LogP contribution in [0.4, 0.5) is 13.2 Å².